The van der Waals surface area contributed by atoms with Gasteiger partial charge in [0.05, 0.1) is 18.3 Å². The summed E-state index contributed by atoms with van der Waals surface area (Å²) in [4.78, 5) is 25.2. The highest BCUT2D eigenvalue weighted by molar-refractivity contribution is 6.35. The summed E-state index contributed by atoms with van der Waals surface area (Å²) in [5.74, 6) is 0.220. The number of carbonyl (C=O) groups is 1. The van der Waals surface area contributed by atoms with Crippen LogP contribution in [-0.4, -0.2) is 98.4 Å². The van der Waals surface area contributed by atoms with Gasteiger partial charge in [0.2, 0.25) is 0 Å². The molecule has 2 fully saturated rings. The van der Waals surface area contributed by atoms with Crippen LogP contribution >= 0.6 is 11.6 Å². The van der Waals surface area contributed by atoms with Gasteiger partial charge in [0.1, 0.15) is 28.8 Å². The standard InChI is InChI=1S/C26H33ClFN5O3/c1-26(2)16-31(10-11-32(26)12-13-35-3)24-20-23(36-15-17-14-29-8-9-33(17)25(20)34)21(27)22(30-24)18-6-4-5-7-19(18)28/h4-7,17,29H,8-16H2,1-3H3. The summed E-state index contributed by atoms with van der Waals surface area (Å²) in [5, 5.41) is 3.50. The molecule has 3 aliphatic rings. The van der Waals surface area contributed by atoms with Crippen molar-refractivity contribution in [3.63, 3.8) is 0 Å². The molecule has 1 aromatic carbocycles. The number of amides is 1. The first-order valence-corrected chi connectivity index (χ1v) is 12.8. The van der Waals surface area contributed by atoms with Gasteiger partial charge in [0.25, 0.3) is 5.91 Å². The largest absolute Gasteiger partial charge is 0.489 e. The molecule has 194 valence electrons. The zero-order valence-electron chi connectivity index (χ0n) is 21.0. The minimum absolute atomic E-state index is 0.109. The van der Waals surface area contributed by atoms with Crippen molar-refractivity contribution in [2.24, 2.45) is 0 Å². The number of aromatic nitrogens is 1. The number of piperazine rings is 2. The van der Waals surface area contributed by atoms with Crippen molar-refractivity contribution < 1.29 is 18.7 Å². The Bertz CT molecular complexity index is 1150. The molecule has 36 heavy (non-hydrogen) atoms. The number of halogens is 2. The molecule has 3 aliphatic heterocycles. The van der Waals surface area contributed by atoms with Crippen molar-refractivity contribution in [2.45, 2.75) is 25.4 Å². The van der Waals surface area contributed by atoms with E-state index in [1.165, 1.54) is 6.07 Å². The Labute approximate surface area is 216 Å². The average molecular weight is 518 g/mol. The molecular weight excluding hydrogens is 485 g/mol. The molecule has 0 radical (unpaired) electrons. The van der Waals surface area contributed by atoms with E-state index in [0.29, 0.717) is 63.1 Å². The van der Waals surface area contributed by atoms with Crippen molar-refractivity contribution in [3.05, 3.63) is 40.7 Å². The Balaban J connectivity index is 1.63. The topological polar surface area (TPSA) is 70.2 Å². The first-order valence-electron chi connectivity index (χ1n) is 12.4. The van der Waals surface area contributed by atoms with Gasteiger partial charge in [-0.05, 0) is 26.0 Å². The molecule has 8 nitrogen and oxygen atoms in total. The smallest absolute Gasteiger partial charge is 0.261 e. The van der Waals surface area contributed by atoms with Gasteiger partial charge in [-0.2, -0.15) is 0 Å². The molecular formula is C26H33ClFN5O3. The normalized spacial score (nSPS) is 22.0. The van der Waals surface area contributed by atoms with Crippen molar-refractivity contribution >= 4 is 23.3 Å². The lowest BCUT2D eigenvalue weighted by Gasteiger charge is -2.48. The highest BCUT2D eigenvalue weighted by Gasteiger charge is 2.41. The average Bonchev–Trinajstić information content (AvgIpc) is 3.01. The molecule has 1 aromatic heterocycles. The Hall–Kier alpha value is -2.46. The summed E-state index contributed by atoms with van der Waals surface area (Å²) in [6.45, 7) is 10.1. The molecule has 0 bridgehead atoms. The minimum Gasteiger partial charge on any atom is -0.489 e. The molecule has 2 aromatic rings. The summed E-state index contributed by atoms with van der Waals surface area (Å²) < 4.78 is 26.4. The van der Waals surface area contributed by atoms with Gasteiger partial charge < -0.3 is 24.6 Å². The Kier molecular flexibility index (Phi) is 7.09. The quantitative estimate of drug-likeness (QED) is 0.654. The molecule has 2 saturated heterocycles. The fraction of sp³-hybridized carbons (Fsp3) is 0.538. The predicted molar refractivity (Wildman–Crippen MR) is 138 cm³/mol. The van der Waals surface area contributed by atoms with E-state index in [9.17, 15) is 9.18 Å². The number of anilines is 1. The molecule has 1 atom stereocenters. The molecule has 1 unspecified atom stereocenters. The summed E-state index contributed by atoms with van der Waals surface area (Å²) in [6.07, 6.45) is 0. The molecule has 0 aliphatic carbocycles. The second-order valence-electron chi connectivity index (χ2n) is 10.2. The predicted octanol–water partition coefficient (Wildman–Crippen LogP) is 2.89. The highest BCUT2D eigenvalue weighted by atomic mass is 35.5. The number of pyridine rings is 1. The van der Waals surface area contributed by atoms with Crippen molar-refractivity contribution in [1.29, 1.82) is 0 Å². The van der Waals surface area contributed by atoms with Gasteiger partial charge >= 0.3 is 0 Å². The summed E-state index contributed by atoms with van der Waals surface area (Å²) >= 11 is 6.83. The van der Waals surface area contributed by atoms with E-state index in [1.54, 1.807) is 25.3 Å². The molecule has 5 rings (SSSR count). The second-order valence-corrected chi connectivity index (χ2v) is 10.5. The van der Waals surface area contributed by atoms with E-state index in [0.717, 1.165) is 13.1 Å². The monoisotopic (exact) mass is 517 g/mol. The van der Waals surface area contributed by atoms with Gasteiger partial charge in [-0.25, -0.2) is 9.37 Å². The lowest BCUT2D eigenvalue weighted by Crippen LogP contribution is -2.60. The van der Waals surface area contributed by atoms with Gasteiger partial charge in [0, 0.05) is 64.0 Å². The zero-order valence-corrected chi connectivity index (χ0v) is 21.8. The van der Waals surface area contributed by atoms with Crippen molar-refractivity contribution in [1.82, 2.24) is 20.1 Å². The van der Waals surface area contributed by atoms with Crippen LogP contribution in [0.4, 0.5) is 10.2 Å². The summed E-state index contributed by atoms with van der Waals surface area (Å²) in [7, 11) is 1.70. The van der Waals surface area contributed by atoms with Crippen LogP contribution in [0.15, 0.2) is 24.3 Å². The molecule has 1 amide bonds. The third kappa shape index (κ3) is 4.53. The number of nitrogens with zero attached hydrogens (tertiary/aromatic N) is 4. The number of carbonyl (C=O) groups excluding carboxylic acids is 1. The number of hydrogen-bond acceptors (Lipinski definition) is 7. The van der Waals surface area contributed by atoms with Gasteiger partial charge in [-0.15, -0.1) is 0 Å². The fourth-order valence-corrected chi connectivity index (χ4v) is 5.70. The first kappa shape index (κ1) is 25.2. The molecule has 10 heteroatoms. The summed E-state index contributed by atoms with van der Waals surface area (Å²) in [6, 6.07) is 6.30. The number of benzene rings is 1. The third-order valence-electron chi connectivity index (χ3n) is 7.39. The van der Waals surface area contributed by atoms with Crippen LogP contribution in [-0.2, 0) is 4.74 Å². The van der Waals surface area contributed by atoms with E-state index in [-0.39, 0.29) is 33.8 Å². The Morgan fingerprint density at radius 2 is 2.08 bits per heavy atom. The number of ether oxygens (including phenoxy) is 2. The summed E-state index contributed by atoms with van der Waals surface area (Å²) in [5.41, 5.74) is 0.735. The van der Waals surface area contributed by atoms with Crippen molar-refractivity contribution in [2.75, 3.05) is 71.0 Å². The first-order chi connectivity index (χ1) is 17.3. The van der Waals surface area contributed by atoms with E-state index >= 15 is 0 Å². The second kappa shape index (κ2) is 10.1. The van der Waals surface area contributed by atoms with Crippen LogP contribution in [0.25, 0.3) is 11.3 Å². The molecule has 1 N–H and O–H groups in total. The minimum atomic E-state index is -0.427. The number of hydrogen-bond donors (Lipinski definition) is 1. The van der Waals surface area contributed by atoms with Gasteiger partial charge in [-0.3, -0.25) is 9.69 Å². The van der Waals surface area contributed by atoms with Crippen LogP contribution in [0.3, 0.4) is 0 Å². The highest BCUT2D eigenvalue weighted by Crippen LogP contribution is 2.44. The van der Waals surface area contributed by atoms with Gasteiger partial charge in [-0.1, -0.05) is 23.7 Å². The van der Waals surface area contributed by atoms with Crippen molar-refractivity contribution in [3.8, 4) is 17.0 Å². The number of methoxy groups -OCH3 is 1. The SMILES string of the molecule is COCCN1CCN(c2nc(-c3ccccc3F)c(Cl)c3c2C(=O)N2CCNCC2CO3)CC1(C)C. The molecule has 0 saturated carbocycles. The maximum atomic E-state index is 14.9. The lowest BCUT2D eigenvalue weighted by atomic mass is 9.97. The maximum absolute atomic E-state index is 14.9. The number of nitrogens with one attached hydrogen (secondary N) is 1. The van der Waals surface area contributed by atoms with Crippen LogP contribution in [0.5, 0.6) is 5.75 Å². The van der Waals surface area contributed by atoms with E-state index in [4.69, 9.17) is 26.1 Å². The Morgan fingerprint density at radius 1 is 1.28 bits per heavy atom. The maximum Gasteiger partial charge on any atom is 0.261 e. The van der Waals surface area contributed by atoms with Crippen LogP contribution in [0, 0.1) is 5.82 Å². The van der Waals surface area contributed by atoms with E-state index < -0.39 is 5.82 Å². The third-order valence-corrected chi connectivity index (χ3v) is 7.74. The zero-order chi connectivity index (χ0) is 25.4. The van der Waals surface area contributed by atoms with E-state index in [1.807, 2.05) is 4.90 Å². The van der Waals surface area contributed by atoms with Crippen LogP contribution in [0.1, 0.15) is 24.2 Å². The Morgan fingerprint density at radius 3 is 2.83 bits per heavy atom. The van der Waals surface area contributed by atoms with Crippen LogP contribution < -0.4 is 15.0 Å². The molecule has 4 heterocycles. The fourth-order valence-electron chi connectivity index (χ4n) is 5.41. The van der Waals surface area contributed by atoms with Crippen LogP contribution in [0.2, 0.25) is 5.02 Å². The van der Waals surface area contributed by atoms with Gasteiger partial charge in [0.15, 0.2) is 5.75 Å². The number of fused-ring (bicyclic) bond motifs is 2. The van der Waals surface area contributed by atoms with E-state index in [2.05, 4.69) is 29.0 Å². The number of rotatable bonds is 5. The molecule has 0 spiro atoms. The lowest BCUT2D eigenvalue weighted by molar-refractivity contribution is 0.0602.